The maximum atomic E-state index is 12.1. The molecule has 94 valence electrons. The molecule has 0 aromatic carbocycles. The molecule has 0 radical (unpaired) electrons. The number of nitrogens with zero attached hydrogens (tertiary/aromatic N) is 1. The Morgan fingerprint density at radius 1 is 1.41 bits per heavy atom. The molecule has 0 bridgehead atoms. The van der Waals surface area contributed by atoms with Gasteiger partial charge in [0.25, 0.3) is 0 Å². The highest BCUT2D eigenvalue weighted by Crippen LogP contribution is 2.23. The van der Waals surface area contributed by atoms with Crippen LogP contribution in [-0.4, -0.2) is 50.1 Å². The molecule has 0 spiro atoms. The maximum Gasteiger partial charge on any atom is 0.345 e. The third kappa shape index (κ3) is 2.49. The monoisotopic (exact) mass is 277 g/mol. The molecule has 0 atom stereocenters. The first-order chi connectivity index (χ1) is 8.01. The Kier molecular flexibility index (Phi) is 3.48. The van der Waals surface area contributed by atoms with Crippen LogP contribution in [-0.2, 0) is 14.8 Å². The van der Waals surface area contributed by atoms with Gasteiger partial charge in [0, 0.05) is 18.5 Å². The summed E-state index contributed by atoms with van der Waals surface area (Å²) >= 11 is 0.912. The van der Waals surface area contributed by atoms with Crippen LogP contribution in [0.3, 0.4) is 0 Å². The molecule has 1 aromatic heterocycles. The van der Waals surface area contributed by atoms with Gasteiger partial charge in [-0.1, -0.05) is 0 Å². The molecule has 0 amide bonds. The number of carboxylic acids is 1. The second-order valence-corrected chi connectivity index (χ2v) is 6.32. The van der Waals surface area contributed by atoms with E-state index in [1.54, 1.807) is 0 Å². The van der Waals surface area contributed by atoms with E-state index in [9.17, 15) is 13.2 Å². The van der Waals surface area contributed by atoms with E-state index >= 15 is 0 Å². The number of morpholine rings is 1. The summed E-state index contributed by atoms with van der Waals surface area (Å²) < 4.78 is 30.6. The minimum absolute atomic E-state index is 0.0248. The number of hydrogen-bond donors (Lipinski definition) is 1. The molecule has 1 saturated heterocycles. The number of rotatable bonds is 3. The van der Waals surface area contributed by atoms with E-state index in [1.807, 2.05) is 0 Å². The molecule has 1 aliphatic rings. The van der Waals surface area contributed by atoms with Crippen LogP contribution < -0.4 is 0 Å². The van der Waals surface area contributed by atoms with E-state index in [0.29, 0.717) is 26.3 Å². The van der Waals surface area contributed by atoms with Crippen LogP contribution in [0.2, 0.25) is 0 Å². The van der Waals surface area contributed by atoms with Crippen molar-refractivity contribution in [2.75, 3.05) is 26.3 Å². The fourth-order valence-electron chi connectivity index (χ4n) is 1.50. The maximum absolute atomic E-state index is 12.1. The lowest BCUT2D eigenvalue weighted by molar-refractivity contribution is 0.0701. The molecule has 1 aromatic rings. The lowest BCUT2D eigenvalue weighted by atomic mass is 10.5. The van der Waals surface area contributed by atoms with Crippen molar-refractivity contribution in [3.05, 3.63) is 16.3 Å². The van der Waals surface area contributed by atoms with E-state index < -0.39 is 16.0 Å². The van der Waals surface area contributed by atoms with Gasteiger partial charge in [-0.25, -0.2) is 13.2 Å². The highest BCUT2D eigenvalue weighted by atomic mass is 32.2. The highest BCUT2D eigenvalue weighted by Gasteiger charge is 2.27. The van der Waals surface area contributed by atoms with E-state index in [2.05, 4.69) is 0 Å². The Balaban J connectivity index is 2.27. The van der Waals surface area contributed by atoms with Crippen LogP contribution in [0.1, 0.15) is 9.67 Å². The van der Waals surface area contributed by atoms with E-state index in [-0.39, 0.29) is 9.77 Å². The fraction of sp³-hybridized carbons (Fsp3) is 0.444. The summed E-state index contributed by atoms with van der Waals surface area (Å²) in [5, 5.41) is 10.1. The van der Waals surface area contributed by atoms with Crippen LogP contribution in [0.25, 0.3) is 0 Å². The van der Waals surface area contributed by atoms with Gasteiger partial charge in [0.05, 0.1) is 18.1 Å². The largest absolute Gasteiger partial charge is 0.477 e. The quantitative estimate of drug-likeness (QED) is 0.868. The van der Waals surface area contributed by atoms with Crippen LogP contribution in [0.15, 0.2) is 16.3 Å². The molecule has 8 heteroatoms. The standard InChI is InChI=1S/C9H11NO5S2/c11-9(12)8-5-7(6-16-8)17(13,14)10-1-3-15-4-2-10/h5-6H,1-4H2,(H,11,12). The molecule has 6 nitrogen and oxygen atoms in total. The third-order valence-corrected chi connectivity index (χ3v) is 5.34. The Labute approximate surface area is 102 Å². The number of aromatic carboxylic acids is 1. The van der Waals surface area contributed by atoms with Crippen LogP contribution in [0.5, 0.6) is 0 Å². The highest BCUT2D eigenvalue weighted by molar-refractivity contribution is 7.89. The SMILES string of the molecule is O=C(O)c1cc(S(=O)(=O)N2CCOCC2)cs1. The zero-order valence-electron chi connectivity index (χ0n) is 8.83. The predicted molar refractivity (Wildman–Crippen MR) is 60.9 cm³/mol. The average Bonchev–Trinajstić information content (AvgIpc) is 2.80. The number of carboxylic acid groups (broad SMARTS) is 1. The van der Waals surface area contributed by atoms with Gasteiger partial charge in [-0.2, -0.15) is 4.31 Å². The summed E-state index contributed by atoms with van der Waals surface area (Å²) in [7, 11) is -3.57. The molecule has 2 rings (SSSR count). The summed E-state index contributed by atoms with van der Waals surface area (Å²) in [5.41, 5.74) is 0. The molecular formula is C9H11NO5S2. The molecule has 17 heavy (non-hydrogen) atoms. The van der Waals surface area contributed by atoms with Crippen molar-refractivity contribution in [3.63, 3.8) is 0 Å². The van der Waals surface area contributed by atoms with Gasteiger partial charge in [0.15, 0.2) is 0 Å². The van der Waals surface area contributed by atoms with Gasteiger partial charge < -0.3 is 9.84 Å². The lowest BCUT2D eigenvalue weighted by Gasteiger charge is -2.25. The molecule has 0 unspecified atom stereocenters. The van der Waals surface area contributed by atoms with Gasteiger partial charge in [-0.05, 0) is 6.07 Å². The van der Waals surface area contributed by atoms with Gasteiger partial charge >= 0.3 is 5.97 Å². The first kappa shape index (κ1) is 12.5. The molecule has 1 fully saturated rings. The van der Waals surface area contributed by atoms with Gasteiger partial charge in [0.2, 0.25) is 10.0 Å². The molecule has 1 aliphatic heterocycles. The van der Waals surface area contributed by atoms with Gasteiger partial charge in [-0.3, -0.25) is 0 Å². The Morgan fingerprint density at radius 3 is 2.59 bits per heavy atom. The van der Waals surface area contributed by atoms with Crippen molar-refractivity contribution in [2.24, 2.45) is 0 Å². The summed E-state index contributed by atoms with van der Waals surface area (Å²) in [5.74, 6) is -1.11. The van der Waals surface area contributed by atoms with E-state index in [0.717, 1.165) is 11.3 Å². The van der Waals surface area contributed by atoms with Gasteiger partial charge in [-0.15, -0.1) is 11.3 Å². The predicted octanol–water partition coefficient (Wildman–Crippen LogP) is 0.467. The number of ether oxygens (including phenoxy) is 1. The molecule has 1 N–H and O–H groups in total. The zero-order valence-corrected chi connectivity index (χ0v) is 10.5. The Bertz CT molecular complexity index is 515. The summed E-state index contributed by atoms with van der Waals surface area (Å²) in [6, 6.07) is 1.19. The Morgan fingerprint density at radius 2 is 2.06 bits per heavy atom. The number of carbonyl (C=O) groups is 1. The smallest absolute Gasteiger partial charge is 0.345 e. The summed E-state index contributed by atoms with van der Waals surface area (Å²) in [4.78, 5) is 10.8. The second-order valence-electron chi connectivity index (χ2n) is 3.47. The molecule has 0 aliphatic carbocycles. The van der Waals surface area contributed by atoms with Crippen molar-refractivity contribution in [1.82, 2.24) is 4.31 Å². The van der Waals surface area contributed by atoms with Crippen molar-refractivity contribution in [2.45, 2.75) is 4.90 Å². The minimum atomic E-state index is -3.57. The number of hydrogen-bond acceptors (Lipinski definition) is 5. The number of thiophene rings is 1. The zero-order chi connectivity index (χ0) is 12.5. The molecule has 0 saturated carbocycles. The first-order valence-electron chi connectivity index (χ1n) is 4.91. The van der Waals surface area contributed by atoms with E-state index in [4.69, 9.17) is 9.84 Å². The van der Waals surface area contributed by atoms with Crippen molar-refractivity contribution >= 4 is 27.3 Å². The average molecular weight is 277 g/mol. The molecular weight excluding hydrogens is 266 g/mol. The summed E-state index contributed by atoms with van der Waals surface area (Å²) in [6.45, 7) is 1.35. The van der Waals surface area contributed by atoms with Crippen LogP contribution in [0.4, 0.5) is 0 Å². The van der Waals surface area contributed by atoms with E-state index in [1.165, 1.54) is 15.8 Å². The van der Waals surface area contributed by atoms with Crippen molar-refractivity contribution in [1.29, 1.82) is 0 Å². The van der Waals surface area contributed by atoms with Crippen LogP contribution >= 0.6 is 11.3 Å². The van der Waals surface area contributed by atoms with Gasteiger partial charge in [0.1, 0.15) is 4.88 Å². The Hall–Kier alpha value is -0.960. The van der Waals surface area contributed by atoms with Crippen molar-refractivity contribution < 1.29 is 23.1 Å². The van der Waals surface area contributed by atoms with Crippen molar-refractivity contribution in [3.8, 4) is 0 Å². The lowest BCUT2D eigenvalue weighted by Crippen LogP contribution is -2.40. The summed E-state index contributed by atoms with van der Waals surface area (Å²) in [6.07, 6.45) is 0. The second kappa shape index (κ2) is 4.73. The third-order valence-electron chi connectivity index (χ3n) is 2.39. The topological polar surface area (TPSA) is 83.9 Å². The normalized spacial score (nSPS) is 18.1. The fourth-order valence-corrected chi connectivity index (χ4v) is 4.01. The minimum Gasteiger partial charge on any atom is -0.477 e. The molecule has 2 heterocycles. The first-order valence-corrected chi connectivity index (χ1v) is 7.23. The number of sulfonamides is 1. The van der Waals surface area contributed by atoms with Crippen LogP contribution in [0, 0.1) is 0 Å².